The number of sulfonamides is 1. The predicted molar refractivity (Wildman–Crippen MR) is 88.5 cm³/mol. The predicted octanol–water partition coefficient (Wildman–Crippen LogP) is 2.34. The van der Waals surface area contributed by atoms with Crippen molar-refractivity contribution in [2.24, 2.45) is 5.92 Å². The fraction of sp³-hybridized carbons (Fsp3) is 0.600. The third-order valence-electron chi connectivity index (χ3n) is 3.73. The van der Waals surface area contributed by atoms with Crippen LogP contribution < -0.4 is 10.0 Å². The number of rotatable bonds is 6. The van der Waals surface area contributed by atoms with Gasteiger partial charge >= 0.3 is 0 Å². The van der Waals surface area contributed by atoms with Crippen LogP contribution in [0.4, 0.5) is 0 Å². The highest BCUT2D eigenvalue weighted by atomic mass is 35.5. The zero-order valence-corrected chi connectivity index (χ0v) is 14.1. The fourth-order valence-electron chi connectivity index (χ4n) is 2.53. The van der Waals surface area contributed by atoms with Gasteiger partial charge in [0.15, 0.2) is 0 Å². The van der Waals surface area contributed by atoms with Crippen LogP contribution in [0.15, 0.2) is 29.2 Å². The molecule has 4 nitrogen and oxygen atoms in total. The van der Waals surface area contributed by atoms with Crippen LogP contribution in [0.2, 0.25) is 0 Å². The summed E-state index contributed by atoms with van der Waals surface area (Å²) in [6.45, 7) is 4.58. The van der Waals surface area contributed by atoms with Crippen molar-refractivity contribution in [2.45, 2.75) is 37.5 Å². The van der Waals surface area contributed by atoms with Crippen molar-refractivity contribution in [2.75, 3.05) is 19.6 Å². The summed E-state index contributed by atoms with van der Waals surface area (Å²) in [5.41, 5.74) is 1.18. The smallest absolute Gasteiger partial charge is 0.240 e. The Morgan fingerprint density at radius 3 is 2.57 bits per heavy atom. The van der Waals surface area contributed by atoms with E-state index in [1.54, 1.807) is 12.1 Å². The van der Waals surface area contributed by atoms with E-state index in [0.29, 0.717) is 17.4 Å². The molecule has 1 heterocycles. The van der Waals surface area contributed by atoms with Gasteiger partial charge in [-0.25, -0.2) is 13.1 Å². The number of aryl methyl sites for hydroxylation is 1. The number of piperidine rings is 1. The third kappa shape index (κ3) is 5.58. The van der Waals surface area contributed by atoms with Crippen LogP contribution in [0.3, 0.4) is 0 Å². The molecule has 0 bridgehead atoms. The summed E-state index contributed by atoms with van der Waals surface area (Å²) in [6, 6.07) is 7.21. The monoisotopic (exact) mass is 332 g/mol. The first-order chi connectivity index (χ1) is 9.62. The average Bonchev–Trinajstić information content (AvgIpc) is 2.47. The van der Waals surface area contributed by atoms with E-state index in [9.17, 15) is 8.42 Å². The molecule has 1 fully saturated rings. The molecule has 120 valence electrons. The fourth-order valence-corrected chi connectivity index (χ4v) is 3.65. The Labute approximate surface area is 134 Å². The van der Waals surface area contributed by atoms with E-state index in [1.807, 2.05) is 12.1 Å². The molecule has 0 aliphatic carbocycles. The quantitative estimate of drug-likeness (QED) is 0.840. The topological polar surface area (TPSA) is 58.2 Å². The molecule has 1 aromatic carbocycles. The van der Waals surface area contributed by atoms with E-state index >= 15 is 0 Å². The van der Waals surface area contributed by atoms with Crippen LogP contribution in [0.25, 0.3) is 0 Å². The van der Waals surface area contributed by atoms with E-state index in [1.165, 1.54) is 5.56 Å². The number of hydrogen-bond acceptors (Lipinski definition) is 3. The Kier molecular flexibility index (Phi) is 7.66. The SMILES string of the molecule is CCCc1ccc(S(=O)(=O)NCC2CCCNC2)cc1.Cl. The zero-order valence-electron chi connectivity index (χ0n) is 12.5. The average molecular weight is 333 g/mol. The van der Waals surface area contributed by atoms with Gasteiger partial charge in [-0.15, -0.1) is 12.4 Å². The van der Waals surface area contributed by atoms with Crippen molar-refractivity contribution in [1.82, 2.24) is 10.0 Å². The zero-order chi connectivity index (χ0) is 14.4. The van der Waals surface area contributed by atoms with E-state index in [0.717, 1.165) is 38.8 Å². The molecule has 2 rings (SSSR count). The molecule has 1 atom stereocenters. The molecule has 0 amide bonds. The highest BCUT2D eigenvalue weighted by Crippen LogP contribution is 2.14. The van der Waals surface area contributed by atoms with Crippen LogP contribution in [-0.2, 0) is 16.4 Å². The Morgan fingerprint density at radius 2 is 2.00 bits per heavy atom. The summed E-state index contributed by atoms with van der Waals surface area (Å²) in [5.74, 6) is 0.401. The first-order valence-corrected chi connectivity index (χ1v) is 8.89. The first kappa shape index (κ1) is 18.4. The maximum absolute atomic E-state index is 12.2. The molecule has 1 unspecified atom stereocenters. The lowest BCUT2D eigenvalue weighted by molar-refractivity contribution is 0.376. The minimum absolute atomic E-state index is 0. The maximum atomic E-state index is 12.2. The lowest BCUT2D eigenvalue weighted by Gasteiger charge is -2.22. The van der Waals surface area contributed by atoms with Gasteiger partial charge < -0.3 is 5.32 Å². The van der Waals surface area contributed by atoms with Crippen molar-refractivity contribution in [3.63, 3.8) is 0 Å². The van der Waals surface area contributed by atoms with Crippen molar-refractivity contribution >= 4 is 22.4 Å². The maximum Gasteiger partial charge on any atom is 0.240 e. The van der Waals surface area contributed by atoms with Gasteiger partial charge in [0, 0.05) is 6.54 Å². The molecule has 0 radical (unpaired) electrons. The van der Waals surface area contributed by atoms with Gasteiger partial charge in [0.05, 0.1) is 4.90 Å². The Bertz CT molecular complexity index is 511. The van der Waals surface area contributed by atoms with Gasteiger partial charge in [-0.3, -0.25) is 0 Å². The Hall–Kier alpha value is -0.620. The van der Waals surface area contributed by atoms with Crippen LogP contribution in [-0.4, -0.2) is 28.1 Å². The molecular formula is C15H25ClN2O2S. The van der Waals surface area contributed by atoms with Gasteiger partial charge in [0.1, 0.15) is 0 Å². The molecule has 6 heteroatoms. The van der Waals surface area contributed by atoms with E-state index in [2.05, 4.69) is 17.0 Å². The van der Waals surface area contributed by atoms with Crippen molar-refractivity contribution < 1.29 is 8.42 Å². The van der Waals surface area contributed by atoms with E-state index in [4.69, 9.17) is 0 Å². The van der Waals surface area contributed by atoms with Crippen molar-refractivity contribution in [1.29, 1.82) is 0 Å². The molecular weight excluding hydrogens is 308 g/mol. The summed E-state index contributed by atoms with van der Waals surface area (Å²) >= 11 is 0. The van der Waals surface area contributed by atoms with Gasteiger partial charge in [-0.05, 0) is 56.0 Å². The van der Waals surface area contributed by atoms with Gasteiger partial charge in [0.2, 0.25) is 10.0 Å². The Balaban J connectivity index is 0.00000220. The molecule has 0 spiro atoms. The number of nitrogens with one attached hydrogen (secondary N) is 2. The number of halogens is 1. The largest absolute Gasteiger partial charge is 0.316 e. The van der Waals surface area contributed by atoms with Crippen LogP contribution in [0.1, 0.15) is 31.7 Å². The normalized spacial score (nSPS) is 19.0. The lowest BCUT2D eigenvalue weighted by Crippen LogP contribution is -2.38. The standard InChI is InChI=1S/C15H24N2O2S.ClH/c1-2-4-13-6-8-15(9-7-13)20(18,19)17-12-14-5-3-10-16-11-14;/h6-9,14,16-17H,2-5,10-12H2,1H3;1H. The molecule has 1 aliphatic heterocycles. The van der Waals surface area contributed by atoms with Crippen molar-refractivity contribution in [3.8, 4) is 0 Å². The molecule has 0 saturated carbocycles. The van der Waals surface area contributed by atoms with Crippen molar-refractivity contribution in [3.05, 3.63) is 29.8 Å². The summed E-state index contributed by atoms with van der Waals surface area (Å²) in [7, 11) is -3.37. The number of hydrogen-bond donors (Lipinski definition) is 2. The van der Waals surface area contributed by atoms with Crippen LogP contribution in [0, 0.1) is 5.92 Å². The van der Waals surface area contributed by atoms with Crippen LogP contribution in [0.5, 0.6) is 0 Å². The summed E-state index contributed by atoms with van der Waals surface area (Å²) < 4.78 is 27.2. The van der Waals surface area contributed by atoms with Crippen LogP contribution >= 0.6 is 12.4 Å². The second kappa shape index (κ2) is 8.73. The highest BCUT2D eigenvalue weighted by molar-refractivity contribution is 7.89. The molecule has 0 aromatic heterocycles. The van der Waals surface area contributed by atoms with E-state index < -0.39 is 10.0 Å². The van der Waals surface area contributed by atoms with Gasteiger partial charge in [-0.1, -0.05) is 25.5 Å². The van der Waals surface area contributed by atoms with Gasteiger partial charge in [0.25, 0.3) is 0 Å². The van der Waals surface area contributed by atoms with Gasteiger partial charge in [-0.2, -0.15) is 0 Å². The summed E-state index contributed by atoms with van der Waals surface area (Å²) in [5, 5.41) is 3.30. The Morgan fingerprint density at radius 1 is 1.29 bits per heavy atom. The molecule has 1 saturated heterocycles. The molecule has 21 heavy (non-hydrogen) atoms. The molecule has 2 N–H and O–H groups in total. The minimum atomic E-state index is -3.37. The number of benzene rings is 1. The lowest BCUT2D eigenvalue weighted by atomic mass is 10.0. The second-order valence-electron chi connectivity index (χ2n) is 5.46. The minimum Gasteiger partial charge on any atom is -0.316 e. The summed E-state index contributed by atoms with van der Waals surface area (Å²) in [6.07, 6.45) is 4.27. The third-order valence-corrected chi connectivity index (χ3v) is 5.17. The first-order valence-electron chi connectivity index (χ1n) is 7.41. The summed E-state index contributed by atoms with van der Waals surface area (Å²) in [4.78, 5) is 0.362. The van der Waals surface area contributed by atoms with E-state index in [-0.39, 0.29) is 12.4 Å². The molecule has 1 aliphatic rings. The highest BCUT2D eigenvalue weighted by Gasteiger charge is 2.18. The molecule has 1 aromatic rings. The second-order valence-corrected chi connectivity index (χ2v) is 7.23.